The SMILES string of the molecule is O=C(NCc1ccc(Cl)cc1)c1ccnc(Nc2ccccc2F)c1. The summed E-state index contributed by atoms with van der Waals surface area (Å²) >= 11 is 5.84. The number of nitrogens with one attached hydrogen (secondary N) is 2. The lowest BCUT2D eigenvalue weighted by Crippen LogP contribution is -2.22. The Kier molecular flexibility index (Phi) is 5.26. The Bertz CT molecular complexity index is 884. The van der Waals surface area contributed by atoms with Gasteiger partial charge in [0.05, 0.1) is 5.69 Å². The van der Waals surface area contributed by atoms with E-state index in [1.807, 2.05) is 12.1 Å². The second kappa shape index (κ2) is 7.77. The third-order valence-electron chi connectivity index (χ3n) is 3.53. The molecule has 0 saturated heterocycles. The zero-order valence-corrected chi connectivity index (χ0v) is 13.9. The number of rotatable bonds is 5. The maximum Gasteiger partial charge on any atom is 0.251 e. The number of halogens is 2. The molecule has 6 heteroatoms. The van der Waals surface area contributed by atoms with Crippen LogP contribution in [0.3, 0.4) is 0 Å². The van der Waals surface area contributed by atoms with Gasteiger partial charge < -0.3 is 10.6 Å². The van der Waals surface area contributed by atoms with E-state index in [4.69, 9.17) is 11.6 Å². The van der Waals surface area contributed by atoms with Crippen LogP contribution in [-0.4, -0.2) is 10.9 Å². The van der Waals surface area contributed by atoms with Crippen molar-refractivity contribution in [1.29, 1.82) is 0 Å². The lowest BCUT2D eigenvalue weighted by molar-refractivity contribution is 0.0951. The maximum atomic E-state index is 13.7. The molecule has 25 heavy (non-hydrogen) atoms. The number of benzene rings is 2. The van der Waals surface area contributed by atoms with E-state index in [-0.39, 0.29) is 11.7 Å². The molecule has 1 amide bonds. The predicted molar refractivity (Wildman–Crippen MR) is 96.5 cm³/mol. The molecule has 1 heterocycles. The summed E-state index contributed by atoms with van der Waals surface area (Å²) in [5, 5.41) is 6.34. The van der Waals surface area contributed by atoms with Crippen LogP contribution in [0.2, 0.25) is 5.02 Å². The van der Waals surface area contributed by atoms with Crippen molar-refractivity contribution >= 4 is 29.0 Å². The van der Waals surface area contributed by atoms with E-state index in [9.17, 15) is 9.18 Å². The normalized spacial score (nSPS) is 10.3. The molecule has 2 aromatic carbocycles. The van der Waals surface area contributed by atoms with E-state index in [2.05, 4.69) is 15.6 Å². The predicted octanol–water partition coefficient (Wildman–Crippen LogP) is 4.55. The minimum absolute atomic E-state index is 0.242. The number of amides is 1. The van der Waals surface area contributed by atoms with E-state index in [0.717, 1.165) is 5.56 Å². The van der Waals surface area contributed by atoms with Crippen molar-refractivity contribution in [3.8, 4) is 0 Å². The first-order chi connectivity index (χ1) is 12.1. The van der Waals surface area contributed by atoms with Crippen LogP contribution < -0.4 is 10.6 Å². The first kappa shape index (κ1) is 16.9. The molecule has 4 nitrogen and oxygen atoms in total. The quantitative estimate of drug-likeness (QED) is 0.706. The fourth-order valence-electron chi connectivity index (χ4n) is 2.23. The van der Waals surface area contributed by atoms with Gasteiger partial charge in [-0.15, -0.1) is 0 Å². The highest BCUT2D eigenvalue weighted by molar-refractivity contribution is 6.30. The van der Waals surface area contributed by atoms with Crippen molar-refractivity contribution in [2.75, 3.05) is 5.32 Å². The van der Waals surface area contributed by atoms with Crippen molar-refractivity contribution in [3.05, 3.63) is 88.8 Å². The molecule has 0 aliphatic heterocycles. The summed E-state index contributed by atoms with van der Waals surface area (Å²) in [4.78, 5) is 16.4. The second-order valence-electron chi connectivity index (χ2n) is 5.34. The van der Waals surface area contributed by atoms with Gasteiger partial charge in [0.1, 0.15) is 11.6 Å². The van der Waals surface area contributed by atoms with Gasteiger partial charge in [-0.25, -0.2) is 9.37 Å². The van der Waals surface area contributed by atoms with E-state index < -0.39 is 0 Å². The molecule has 126 valence electrons. The first-order valence-corrected chi connectivity index (χ1v) is 8.00. The lowest BCUT2D eigenvalue weighted by Gasteiger charge is -2.09. The number of anilines is 2. The lowest BCUT2D eigenvalue weighted by atomic mass is 10.2. The molecule has 3 rings (SSSR count). The summed E-state index contributed by atoms with van der Waals surface area (Å²) < 4.78 is 13.7. The summed E-state index contributed by atoms with van der Waals surface area (Å²) in [7, 11) is 0. The number of hydrogen-bond acceptors (Lipinski definition) is 3. The Hall–Kier alpha value is -2.92. The molecule has 0 fully saturated rings. The molecule has 0 unspecified atom stereocenters. The van der Waals surface area contributed by atoms with Gasteiger partial charge in [-0.3, -0.25) is 4.79 Å². The Morgan fingerprint density at radius 1 is 1.08 bits per heavy atom. The number of pyridine rings is 1. The van der Waals surface area contributed by atoms with E-state index in [1.165, 1.54) is 12.3 Å². The van der Waals surface area contributed by atoms with Crippen molar-refractivity contribution in [2.24, 2.45) is 0 Å². The number of hydrogen-bond donors (Lipinski definition) is 2. The van der Waals surface area contributed by atoms with Gasteiger partial charge in [0.15, 0.2) is 0 Å². The highest BCUT2D eigenvalue weighted by Crippen LogP contribution is 2.18. The molecule has 0 bridgehead atoms. The van der Waals surface area contributed by atoms with Crippen molar-refractivity contribution in [3.63, 3.8) is 0 Å². The third-order valence-corrected chi connectivity index (χ3v) is 3.78. The molecule has 0 aliphatic rings. The van der Waals surface area contributed by atoms with Crippen LogP contribution in [0.4, 0.5) is 15.9 Å². The van der Waals surface area contributed by atoms with Crippen LogP contribution in [0.15, 0.2) is 66.9 Å². The van der Waals surface area contributed by atoms with Crippen LogP contribution in [0.5, 0.6) is 0 Å². The molecule has 0 aliphatic carbocycles. The standard InChI is InChI=1S/C19H15ClFN3O/c20-15-7-5-13(6-8-15)12-23-19(25)14-9-10-22-18(11-14)24-17-4-2-1-3-16(17)21/h1-11H,12H2,(H,22,24)(H,23,25). The van der Waals surface area contributed by atoms with Crippen molar-refractivity contribution < 1.29 is 9.18 Å². The number of aromatic nitrogens is 1. The largest absolute Gasteiger partial charge is 0.348 e. The number of carbonyl (C=O) groups is 1. The Balaban J connectivity index is 1.67. The number of nitrogens with zero attached hydrogens (tertiary/aromatic N) is 1. The highest BCUT2D eigenvalue weighted by atomic mass is 35.5. The van der Waals surface area contributed by atoms with Crippen LogP contribution in [-0.2, 0) is 6.54 Å². The van der Waals surface area contributed by atoms with Gasteiger partial charge in [0.25, 0.3) is 5.91 Å². The average molecular weight is 356 g/mol. The number of carbonyl (C=O) groups excluding carboxylic acids is 1. The fraction of sp³-hybridized carbons (Fsp3) is 0.0526. The first-order valence-electron chi connectivity index (χ1n) is 7.62. The topological polar surface area (TPSA) is 54.0 Å². The summed E-state index contributed by atoms with van der Waals surface area (Å²) in [6, 6.07) is 16.7. The molecular formula is C19H15ClFN3O. The van der Waals surface area contributed by atoms with E-state index in [0.29, 0.717) is 28.6 Å². The smallest absolute Gasteiger partial charge is 0.251 e. The third kappa shape index (κ3) is 4.55. The van der Waals surface area contributed by atoms with Gasteiger partial charge in [0.2, 0.25) is 0 Å². The molecular weight excluding hydrogens is 341 g/mol. The van der Waals surface area contributed by atoms with Gasteiger partial charge in [-0.2, -0.15) is 0 Å². The minimum Gasteiger partial charge on any atom is -0.348 e. The summed E-state index contributed by atoms with van der Waals surface area (Å²) in [5.41, 5.74) is 1.67. The fourth-order valence-corrected chi connectivity index (χ4v) is 2.35. The van der Waals surface area contributed by atoms with Gasteiger partial charge in [-0.05, 0) is 42.0 Å². The van der Waals surface area contributed by atoms with Crippen LogP contribution >= 0.6 is 11.6 Å². The second-order valence-corrected chi connectivity index (χ2v) is 5.78. The number of para-hydroxylation sites is 1. The average Bonchev–Trinajstić information content (AvgIpc) is 2.63. The van der Waals surface area contributed by atoms with Crippen molar-refractivity contribution in [1.82, 2.24) is 10.3 Å². The Morgan fingerprint density at radius 2 is 1.84 bits per heavy atom. The monoisotopic (exact) mass is 355 g/mol. The van der Waals surface area contributed by atoms with Crippen LogP contribution in [0, 0.1) is 5.82 Å². The van der Waals surface area contributed by atoms with Crippen LogP contribution in [0.25, 0.3) is 0 Å². The van der Waals surface area contributed by atoms with E-state index >= 15 is 0 Å². The Labute approximate surface area is 149 Å². The van der Waals surface area contributed by atoms with Crippen molar-refractivity contribution in [2.45, 2.75) is 6.54 Å². The highest BCUT2D eigenvalue weighted by Gasteiger charge is 2.08. The molecule has 3 aromatic rings. The Morgan fingerprint density at radius 3 is 2.60 bits per heavy atom. The zero-order valence-electron chi connectivity index (χ0n) is 13.2. The van der Waals surface area contributed by atoms with Gasteiger partial charge in [-0.1, -0.05) is 35.9 Å². The molecule has 1 aromatic heterocycles. The maximum absolute atomic E-state index is 13.7. The van der Waals surface area contributed by atoms with E-state index in [1.54, 1.807) is 42.5 Å². The minimum atomic E-state index is -0.387. The summed E-state index contributed by atoms with van der Waals surface area (Å²) in [6.45, 7) is 0.383. The molecule has 2 N–H and O–H groups in total. The van der Waals surface area contributed by atoms with Gasteiger partial charge in [0, 0.05) is 23.3 Å². The molecule has 0 atom stereocenters. The molecule has 0 radical (unpaired) electrons. The molecule has 0 saturated carbocycles. The molecule has 0 spiro atoms. The summed E-state index contributed by atoms with van der Waals surface area (Å²) in [5.74, 6) is -0.236. The van der Waals surface area contributed by atoms with Gasteiger partial charge >= 0.3 is 0 Å². The van der Waals surface area contributed by atoms with Crippen LogP contribution in [0.1, 0.15) is 15.9 Å². The summed E-state index contributed by atoms with van der Waals surface area (Å²) in [6.07, 6.45) is 1.50. The zero-order chi connectivity index (χ0) is 17.6.